The molecule has 1 rings (SSSR count). The van der Waals surface area contributed by atoms with Crippen LogP contribution in [0.15, 0.2) is 30.3 Å². The number of carbonyl (C=O) groups is 1. The van der Waals surface area contributed by atoms with Gasteiger partial charge in [0, 0.05) is 5.69 Å². The Morgan fingerprint density at radius 3 is 2.80 bits per heavy atom. The van der Waals surface area contributed by atoms with E-state index in [0.29, 0.717) is 0 Å². The number of anilines is 1. The van der Waals surface area contributed by atoms with Crippen LogP contribution in [0.1, 0.15) is 6.92 Å². The summed E-state index contributed by atoms with van der Waals surface area (Å²) >= 11 is 0. The summed E-state index contributed by atoms with van der Waals surface area (Å²) in [5.74, 6) is 2.12. The Bertz CT molecular complexity index is 354. The fraction of sp³-hybridized carbons (Fsp3) is 0.250. The van der Waals surface area contributed by atoms with Crippen molar-refractivity contribution in [2.24, 2.45) is 0 Å². The van der Waals surface area contributed by atoms with Gasteiger partial charge in [0.2, 0.25) is 0 Å². The number of para-hydroxylation sites is 1. The van der Waals surface area contributed by atoms with E-state index in [4.69, 9.17) is 11.2 Å². The van der Waals surface area contributed by atoms with Gasteiger partial charge in [0.15, 0.2) is 0 Å². The topological polar surface area (TPSA) is 38.3 Å². The molecule has 1 atom stereocenters. The predicted octanol–water partition coefficient (Wildman–Crippen LogP) is 1.66. The molecule has 0 fully saturated rings. The zero-order chi connectivity index (χ0) is 11.1. The normalized spacial score (nSPS) is 11.5. The highest BCUT2D eigenvalue weighted by Gasteiger charge is 2.12. The van der Waals surface area contributed by atoms with Crippen LogP contribution in [0.5, 0.6) is 0 Å². The molecule has 1 amide bonds. The number of rotatable bonds is 4. The number of carbonyl (C=O) groups excluding carboxylic acids is 1. The van der Waals surface area contributed by atoms with Gasteiger partial charge in [-0.3, -0.25) is 4.79 Å². The highest BCUT2D eigenvalue weighted by molar-refractivity contribution is 5.93. The van der Waals surface area contributed by atoms with Crippen LogP contribution >= 0.6 is 0 Å². The standard InChI is InChI=1S/C12H13NO2/c1-3-9-15-10(2)12(14)13-11-7-5-4-6-8-11/h1,4-8,10H,9H2,2H3,(H,13,14)/t10-/m0/s1. The zero-order valence-electron chi connectivity index (χ0n) is 8.57. The molecule has 3 heteroatoms. The minimum atomic E-state index is -0.541. The van der Waals surface area contributed by atoms with Crippen molar-refractivity contribution < 1.29 is 9.53 Å². The minimum absolute atomic E-state index is 0.142. The first-order valence-corrected chi connectivity index (χ1v) is 4.65. The molecule has 1 aromatic rings. The third-order valence-corrected chi connectivity index (χ3v) is 1.83. The highest BCUT2D eigenvalue weighted by atomic mass is 16.5. The molecule has 0 aliphatic heterocycles. The quantitative estimate of drug-likeness (QED) is 0.756. The van der Waals surface area contributed by atoms with E-state index in [9.17, 15) is 4.79 Å². The van der Waals surface area contributed by atoms with Gasteiger partial charge in [-0.1, -0.05) is 24.1 Å². The summed E-state index contributed by atoms with van der Waals surface area (Å²) in [5.41, 5.74) is 0.749. The molecular weight excluding hydrogens is 190 g/mol. The molecule has 78 valence electrons. The Morgan fingerprint density at radius 2 is 2.20 bits per heavy atom. The minimum Gasteiger partial charge on any atom is -0.356 e. The molecule has 3 nitrogen and oxygen atoms in total. The second-order valence-corrected chi connectivity index (χ2v) is 3.01. The van der Waals surface area contributed by atoms with E-state index in [1.807, 2.05) is 30.3 Å². The molecule has 0 aromatic heterocycles. The molecule has 1 N–H and O–H groups in total. The molecular formula is C12H13NO2. The number of amides is 1. The predicted molar refractivity (Wildman–Crippen MR) is 59.3 cm³/mol. The van der Waals surface area contributed by atoms with Crippen molar-refractivity contribution in [1.82, 2.24) is 0 Å². The van der Waals surface area contributed by atoms with Gasteiger partial charge in [0.05, 0.1) is 0 Å². The number of hydrogen-bond donors (Lipinski definition) is 1. The fourth-order valence-electron chi connectivity index (χ4n) is 1.01. The third kappa shape index (κ3) is 3.84. The van der Waals surface area contributed by atoms with Gasteiger partial charge < -0.3 is 10.1 Å². The average Bonchev–Trinajstić information content (AvgIpc) is 2.27. The van der Waals surface area contributed by atoms with Crippen LogP contribution < -0.4 is 5.32 Å². The molecule has 0 unspecified atom stereocenters. The van der Waals surface area contributed by atoms with E-state index < -0.39 is 6.10 Å². The van der Waals surface area contributed by atoms with Crippen molar-refractivity contribution in [1.29, 1.82) is 0 Å². The first-order chi connectivity index (χ1) is 7.24. The molecule has 0 aliphatic carbocycles. The highest BCUT2D eigenvalue weighted by Crippen LogP contribution is 2.06. The van der Waals surface area contributed by atoms with Crippen molar-refractivity contribution in [3.63, 3.8) is 0 Å². The summed E-state index contributed by atoms with van der Waals surface area (Å²) in [6.45, 7) is 1.80. The monoisotopic (exact) mass is 203 g/mol. The van der Waals surface area contributed by atoms with Gasteiger partial charge in [-0.25, -0.2) is 0 Å². The van der Waals surface area contributed by atoms with Crippen LogP contribution in [0, 0.1) is 12.3 Å². The number of benzene rings is 1. The molecule has 15 heavy (non-hydrogen) atoms. The number of ether oxygens (including phenoxy) is 1. The molecule has 0 heterocycles. The van der Waals surface area contributed by atoms with Crippen LogP contribution in [0.25, 0.3) is 0 Å². The smallest absolute Gasteiger partial charge is 0.253 e. The molecule has 0 bridgehead atoms. The van der Waals surface area contributed by atoms with Gasteiger partial charge in [-0.05, 0) is 19.1 Å². The lowest BCUT2D eigenvalue weighted by Crippen LogP contribution is -2.27. The van der Waals surface area contributed by atoms with Crippen LogP contribution in [0.3, 0.4) is 0 Å². The maximum atomic E-state index is 11.5. The van der Waals surface area contributed by atoms with E-state index in [2.05, 4.69) is 11.2 Å². The molecule has 0 aliphatic rings. The van der Waals surface area contributed by atoms with E-state index in [1.54, 1.807) is 6.92 Å². The average molecular weight is 203 g/mol. The van der Waals surface area contributed by atoms with E-state index >= 15 is 0 Å². The van der Waals surface area contributed by atoms with Crippen LogP contribution in [-0.2, 0) is 9.53 Å². The summed E-state index contributed by atoms with van der Waals surface area (Å²) in [6, 6.07) is 9.21. The Labute approximate surface area is 89.4 Å². The van der Waals surface area contributed by atoms with Crippen LogP contribution in [0.2, 0.25) is 0 Å². The largest absolute Gasteiger partial charge is 0.356 e. The second kappa shape index (κ2) is 5.84. The van der Waals surface area contributed by atoms with E-state index in [-0.39, 0.29) is 12.5 Å². The molecule has 0 saturated carbocycles. The van der Waals surface area contributed by atoms with Gasteiger partial charge in [0.25, 0.3) is 5.91 Å². The van der Waals surface area contributed by atoms with Gasteiger partial charge in [-0.15, -0.1) is 6.42 Å². The summed E-state index contributed by atoms with van der Waals surface area (Å²) in [6.07, 6.45) is 4.48. The van der Waals surface area contributed by atoms with E-state index in [0.717, 1.165) is 5.69 Å². The van der Waals surface area contributed by atoms with Crippen molar-refractivity contribution >= 4 is 11.6 Å². The lowest BCUT2D eigenvalue weighted by molar-refractivity contribution is -0.125. The Morgan fingerprint density at radius 1 is 1.53 bits per heavy atom. The number of terminal acetylenes is 1. The Balaban J connectivity index is 2.46. The van der Waals surface area contributed by atoms with Gasteiger partial charge in [0.1, 0.15) is 12.7 Å². The lowest BCUT2D eigenvalue weighted by Gasteiger charge is -2.11. The fourth-order valence-corrected chi connectivity index (χ4v) is 1.01. The zero-order valence-corrected chi connectivity index (χ0v) is 8.57. The maximum Gasteiger partial charge on any atom is 0.253 e. The first kappa shape index (κ1) is 11.3. The Kier molecular flexibility index (Phi) is 4.39. The Hall–Kier alpha value is -1.79. The molecule has 1 aromatic carbocycles. The molecule has 0 saturated heterocycles. The second-order valence-electron chi connectivity index (χ2n) is 3.01. The maximum absolute atomic E-state index is 11.5. The van der Waals surface area contributed by atoms with Crippen molar-refractivity contribution in [3.05, 3.63) is 30.3 Å². The summed E-state index contributed by atoms with van der Waals surface area (Å²) < 4.78 is 5.08. The molecule has 0 radical (unpaired) electrons. The number of hydrogen-bond acceptors (Lipinski definition) is 2. The summed E-state index contributed by atoms with van der Waals surface area (Å²) in [7, 11) is 0. The van der Waals surface area contributed by atoms with Gasteiger partial charge in [-0.2, -0.15) is 0 Å². The lowest BCUT2D eigenvalue weighted by atomic mass is 10.3. The van der Waals surface area contributed by atoms with E-state index in [1.165, 1.54) is 0 Å². The summed E-state index contributed by atoms with van der Waals surface area (Å²) in [5, 5.41) is 2.72. The number of nitrogens with one attached hydrogen (secondary N) is 1. The molecule has 0 spiro atoms. The van der Waals surface area contributed by atoms with Crippen LogP contribution in [-0.4, -0.2) is 18.6 Å². The first-order valence-electron chi connectivity index (χ1n) is 4.65. The summed E-state index contributed by atoms with van der Waals surface area (Å²) in [4.78, 5) is 11.5. The van der Waals surface area contributed by atoms with Gasteiger partial charge >= 0.3 is 0 Å². The van der Waals surface area contributed by atoms with Crippen molar-refractivity contribution in [3.8, 4) is 12.3 Å². The van der Waals surface area contributed by atoms with Crippen molar-refractivity contribution in [2.45, 2.75) is 13.0 Å². The van der Waals surface area contributed by atoms with Crippen LogP contribution in [0.4, 0.5) is 5.69 Å². The third-order valence-electron chi connectivity index (χ3n) is 1.83. The SMILES string of the molecule is C#CCO[C@@H](C)C(=O)Nc1ccccc1. The van der Waals surface area contributed by atoms with Crippen molar-refractivity contribution in [2.75, 3.05) is 11.9 Å².